The third kappa shape index (κ3) is 4.51. The first-order chi connectivity index (χ1) is 10.7. The van der Waals surface area contributed by atoms with Crippen molar-refractivity contribution in [1.82, 2.24) is 9.97 Å². The molecule has 2 rings (SSSR count). The average molecular weight is 302 g/mol. The zero-order valence-electron chi connectivity index (χ0n) is 12.5. The summed E-state index contributed by atoms with van der Waals surface area (Å²) in [4.78, 5) is 20.1. The van der Waals surface area contributed by atoms with E-state index in [1.807, 2.05) is 0 Å². The van der Waals surface area contributed by atoms with Gasteiger partial charge in [-0.05, 0) is 18.6 Å². The molecule has 0 aliphatic heterocycles. The molecule has 1 heterocycles. The van der Waals surface area contributed by atoms with Gasteiger partial charge in [-0.1, -0.05) is 31.9 Å². The highest BCUT2D eigenvalue weighted by Crippen LogP contribution is 2.14. The number of rotatable bonds is 7. The Hall–Kier alpha value is -2.50. The third-order valence-electron chi connectivity index (χ3n) is 3.11. The number of anilines is 2. The second kappa shape index (κ2) is 8.07. The summed E-state index contributed by atoms with van der Waals surface area (Å²) in [7, 11) is 0. The van der Waals surface area contributed by atoms with Gasteiger partial charge in [-0.25, -0.2) is 14.4 Å². The van der Waals surface area contributed by atoms with Crippen molar-refractivity contribution < 1.29 is 9.18 Å². The predicted octanol–water partition coefficient (Wildman–Crippen LogP) is 3.47. The number of nitrogens with zero attached hydrogens (tertiary/aromatic N) is 2. The monoisotopic (exact) mass is 302 g/mol. The zero-order chi connectivity index (χ0) is 15.8. The molecule has 0 saturated carbocycles. The number of unbranched alkanes of at least 4 members (excludes halogenated alkanes) is 2. The van der Waals surface area contributed by atoms with Gasteiger partial charge in [-0.3, -0.25) is 4.79 Å². The molecule has 0 aliphatic rings. The fourth-order valence-corrected chi connectivity index (χ4v) is 1.92. The SMILES string of the molecule is CCCCCNc1cc(C(=O)Nc2ccccc2F)ncn1. The fourth-order valence-electron chi connectivity index (χ4n) is 1.92. The van der Waals surface area contributed by atoms with Crippen LogP contribution in [0.25, 0.3) is 0 Å². The second-order valence-corrected chi connectivity index (χ2v) is 4.86. The smallest absolute Gasteiger partial charge is 0.274 e. The van der Waals surface area contributed by atoms with Crippen LogP contribution in [-0.2, 0) is 0 Å². The van der Waals surface area contributed by atoms with Crippen molar-refractivity contribution in [2.75, 3.05) is 17.2 Å². The molecule has 5 nitrogen and oxygen atoms in total. The van der Waals surface area contributed by atoms with Gasteiger partial charge in [-0.2, -0.15) is 0 Å². The van der Waals surface area contributed by atoms with E-state index in [4.69, 9.17) is 0 Å². The standard InChI is InChI=1S/C16H19FN4O/c1-2-3-6-9-18-15-10-14(19-11-20-15)16(22)21-13-8-5-4-7-12(13)17/h4-5,7-8,10-11H,2-3,6,9H2,1H3,(H,21,22)(H,18,19,20). The quantitative estimate of drug-likeness (QED) is 0.769. The van der Waals surface area contributed by atoms with Crippen molar-refractivity contribution in [2.24, 2.45) is 0 Å². The van der Waals surface area contributed by atoms with Crippen LogP contribution in [0.2, 0.25) is 0 Å². The minimum atomic E-state index is -0.483. The number of benzene rings is 1. The molecule has 1 aromatic carbocycles. The van der Waals surface area contributed by atoms with Crippen molar-refractivity contribution >= 4 is 17.4 Å². The van der Waals surface area contributed by atoms with Crippen LogP contribution >= 0.6 is 0 Å². The van der Waals surface area contributed by atoms with Crippen LogP contribution in [0.5, 0.6) is 0 Å². The number of hydrogen-bond donors (Lipinski definition) is 2. The van der Waals surface area contributed by atoms with E-state index in [9.17, 15) is 9.18 Å². The Morgan fingerprint density at radius 1 is 1.23 bits per heavy atom. The topological polar surface area (TPSA) is 66.9 Å². The summed E-state index contributed by atoms with van der Waals surface area (Å²) < 4.78 is 13.5. The van der Waals surface area contributed by atoms with E-state index in [-0.39, 0.29) is 11.4 Å². The summed E-state index contributed by atoms with van der Waals surface area (Å²) in [6.07, 6.45) is 4.64. The molecular formula is C16H19FN4O. The van der Waals surface area contributed by atoms with E-state index in [0.717, 1.165) is 25.8 Å². The van der Waals surface area contributed by atoms with E-state index in [2.05, 4.69) is 27.5 Å². The second-order valence-electron chi connectivity index (χ2n) is 4.86. The molecule has 116 valence electrons. The number of para-hydroxylation sites is 1. The number of carbonyl (C=O) groups excluding carboxylic acids is 1. The van der Waals surface area contributed by atoms with Gasteiger partial charge in [0.05, 0.1) is 5.69 Å². The first-order valence-electron chi connectivity index (χ1n) is 7.32. The molecule has 0 radical (unpaired) electrons. The Kier molecular flexibility index (Phi) is 5.82. The van der Waals surface area contributed by atoms with E-state index < -0.39 is 11.7 Å². The Morgan fingerprint density at radius 3 is 2.82 bits per heavy atom. The summed E-state index contributed by atoms with van der Waals surface area (Å²) in [5, 5.41) is 5.64. The predicted molar refractivity (Wildman–Crippen MR) is 84.4 cm³/mol. The molecule has 0 atom stereocenters. The van der Waals surface area contributed by atoms with Gasteiger partial charge in [0.25, 0.3) is 5.91 Å². The average Bonchev–Trinajstić information content (AvgIpc) is 2.54. The van der Waals surface area contributed by atoms with Crippen LogP contribution in [0, 0.1) is 5.82 Å². The van der Waals surface area contributed by atoms with Gasteiger partial charge in [0.2, 0.25) is 0 Å². The molecule has 1 aromatic heterocycles. The first kappa shape index (κ1) is 15.9. The Morgan fingerprint density at radius 2 is 2.05 bits per heavy atom. The largest absolute Gasteiger partial charge is 0.370 e. The first-order valence-corrected chi connectivity index (χ1v) is 7.32. The number of halogens is 1. The summed E-state index contributed by atoms with van der Waals surface area (Å²) in [5.41, 5.74) is 0.319. The van der Waals surface area contributed by atoms with E-state index in [0.29, 0.717) is 5.82 Å². The highest BCUT2D eigenvalue weighted by molar-refractivity contribution is 6.03. The molecule has 6 heteroatoms. The minimum Gasteiger partial charge on any atom is -0.370 e. The van der Waals surface area contributed by atoms with Gasteiger partial charge in [0.1, 0.15) is 23.7 Å². The Labute approximate surface area is 129 Å². The van der Waals surface area contributed by atoms with Gasteiger partial charge in [0, 0.05) is 12.6 Å². The maximum Gasteiger partial charge on any atom is 0.274 e. The van der Waals surface area contributed by atoms with Crippen LogP contribution in [0.4, 0.5) is 15.9 Å². The molecule has 0 bridgehead atoms. The Bertz CT molecular complexity index is 633. The number of amides is 1. The van der Waals surface area contributed by atoms with E-state index in [1.54, 1.807) is 18.2 Å². The molecule has 22 heavy (non-hydrogen) atoms. The summed E-state index contributed by atoms with van der Waals surface area (Å²) in [6.45, 7) is 2.93. The van der Waals surface area contributed by atoms with Crippen LogP contribution in [0.3, 0.4) is 0 Å². The molecule has 0 spiro atoms. The molecule has 0 saturated heterocycles. The maximum absolute atomic E-state index is 13.5. The van der Waals surface area contributed by atoms with Gasteiger partial charge < -0.3 is 10.6 Å². The fraction of sp³-hybridized carbons (Fsp3) is 0.312. The third-order valence-corrected chi connectivity index (χ3v) is 3.11. The summed E-state index contributed by atoms with van der Waals surface area (Å²) in [5.74, 6) is -0.364. The van der Waals surface area contributed by atoms with Gasteiger partial charge >= 0.3 is 0 Å². The number of nitrogens with one attached hydrogen (secondary N) is 2. The Balaban J connectivity index is 1.99. The van der Waals surface area contributed by atoms with Crippen LogP contribution < -0.4 is 10.6 Å². The van der Waals surface area contributed by atoms with Crippen LogP contribution in [0.15, 0.2) is 36.7 Å². The van der Waals surface area contributed by atoms with Gasteiger partial charge in [0.15, 0.2) is 0 Å². The zero-order valence-corrected chi connectivity index (χ0v) is 12.5. The minimum absolute atomic E-state index is 0.128. The lowest BCUT2D eigenvalue weighted by molar-refractivity contribution is 0.102. The van der Waals surface area contributed by atoms with Crippen molar-refractivity contribution in [3.8, 4) is 0 Å². The molecule has 0 aliphatic carbocycles. The van der Waals surface area contributed by atoms with Crippen LogP contribution in [0.1, 0.15) is 36.7 Å². The highest BCUT2D eigenvalue weighted by Gasteiger charge is 2.11. The normalized spacial score (nSPS) is 10.3. The van der Waals surface area contributed by atoms with Crippen molar-refractivity contribution in [2.45, 2.75) is 26.2 Å². The summed E-state index contributed by atoms with van der Waals surface area (Å²) in [6, 6.07) is 7.56. The number of aromatic nitrogens is 2. The lowest BCUT2D eigenvalue weighted by atomic mass is 10.2. The van der Waals surface area contributed by atoms with Crippen LogP contribution in [-0.4, -0.2) is 22.4 Å². The molecule has 1 amide bonds. The van der Waals surface area contributed by atoms with Gasteiger partial charge in [-0.15, -0.1) is 0 Å². The molecule has 0 fully saturated rings. The highest BCUT2D eigenvalue weighted by atomic mass is 19.1. The summed E-state index contributed by atoms with van der Waals surface area (Å²) >= 11 is 0. The molecular weight excluding hydrogens is 283 g/mol. The molecule has 2 N–H and O–H groups in total. The number of hydrogen-bond acceptors (Lipinski definition) is 4. The van der Waals surface area contributed by atoms with E-state index >= 15 is 0 Å². The van der Waals surface area contributed by atoms with Crippen molar-refractivity contribution in [1.29, 1.82) is 0 Å². The molecule has 0 unspecified atom stereocenters. The van der Waals surface area contributed by atoms with Crippen molar-refractivity contribution in [3.05, 3.63) is 48.2 Å². The van der Waals surface area contributed by atoms with E-state index in [1.165, 1.54) is 18.5 Å². The van der Waals surface area contributed by atoms with Crippen molar-refractivity contribution in [3.63, 3.8) is 0 Å². The lowest BCUT2D eigenvalue weighted by Gasteiger charge is -2.08. The number of carbonyl (C=O) groups is 1. The lowest BCUT2D eigenvalue weighted by Crippen LogP contribution is -2.15. The maximum atomic E-state index is 13.5. The molecule has 2 aromatic rings.